The van der Waals surface area contributed by atoms with Crippen LogP contribution >= 0.6 is 0 Å². The highest BCUT2D eigenvalue weighted by Crippen LogP contribution is 2.62. The summed E-state index contributed by atoms with van der Waals surface area (Å²) in [6.45, 7) is 7.82. The molecule has 3 rings (SSSR count). The van der Waals surface area contributed by atoms with E-state index < -0.39 is 34.0 Å². The van der Waals surface area contributed by atoms with Gasteiger partial charge in [-0.1, -0.05) is 32.1 Å². The van der Waals surface area contributed by atoms with E-state index in [1.165, 1.54) is 0 Å². The number of esters is 1. The molecule has 3 fully saturated rings. The maximum absolute atomic E-state index is 11.8. The molecule has 0 aromatic heterocycles. The zero-order chi connectivity index (χ0) is 21.6. The Morgan fingerprint density at radius 1 is 1.34 bits per heavy atom. The lowest BCUT2D eigenvalue weighted by Crippen LogP contribution is -2.58. The fraction of sp³-hybridized carbons (Fsp3) is 0.750. The lowest BCUT2D eigenvalue weighted by atomic mass is 9.46. The maximum Gasteiger partial charge on any atom is 0.397 e. The van der Waals surface area contributed by atoms with Gasteiger partial charge in [-0.2, -0.15) is 8.42 Å². The van der Waals surface area contributed by atoms with E-state index in [4.69, 9.17) is 8.92 Å². The first-order chi connectivity index (χ1) is 13.4. The summed E-state index contributed by atoms with van der Waals surface area (Å²) >= 11 is 0. The van der Waals surface area contributed by atoms with Crippen LogP contribution in [0.3, 0.4) is 0 Å². The van der Waals surface area contributed by atoms with Gasteiger partial charge in [-0.05, 0) is 49.4 Å². The van der Waals surface area contributed by atoms with Gasteiger partial charge >= 0.3 is 16.4 Å². The van der Waals surface area contributed by atoms with E-state index in [-0.39, 0.29) is 36.0 Å². The van der Waals surface area contributed by atoms with Crippen LogP contribution in [0.15, 0.2) is 23.8 Å². The van der Waals surface area contributed by atoms with E-state index in [2.05, 4.69) is 13.5 Å². The van der Waals surface area contributed by atoms with Gasteiger partial charge in [0.15, 0.2) is 0 Å². The second-order valence-corrected chi connectivity index (χ2v) is 10.1. The first-order valence-electron chi connectivity index (χ1n) is 9.92. The zero-order valence-corrected chi connectivity index (χ0v) is 17.7. The Labute approximate surface area is 171 Å². The number of aliphatic hydroxyl groups is 2. The number of carbonyl (C=O) groups is 1. The first kappa shape index (κ1) is 22.4. The molecule has 0 amide bonds. The molecule has 1 aliphatic heterocycles. The molecule has 1 saturated heterocycles. The highest BCUT2D eigenvalue weighted by atomic mass is 32.3. The minimum atomic E-state index is -4.64. The Hall–Kier alpha value is -1.26. The third-order valence-electron chi connectivity index (χ3n) is 7.43. The third-order valence-corrected chi connectivity index (χ3v) is 7.91. The van der Waals surface area contributed by atoms with Crippen molar-refractivity contribution in [2.45, 2.75) is 58.2 Å². The van der Waals surface area contributed by atoms with Crippen LogP contribution in [0.5, 0.6) is 0 Å². The average molecular weight is 431 g/mol. The SMILES string of the molecule is C=C1CC[C@@H]2[C@](C)(CO)[C@H](OS(=O)(=O)O)CC[C@@]2(C)[C@@H]1C/C=C1/C(=O)OC[C@H]1O. The molecule has 29 heavy (non-hydrogen) atoms. The predicted octanol–water partition coefficient (Wildman–Crippen LogP) is 1.79. The molecule has 0 aromatic rings. The Morgan fingerprint density at radius 2 is 2.03 bits per heavy atom. The molecule has 0 bridgehead atoms. The summed E-state index contributed by atoms with van der Waals surface area (Å²) in [4.78, 5) is 11.8. The molecule has 164 valence electrons. The molecule has 8 nitrogen and oxygen atoms in total. The van der Waals surface area contributed by atoms with Gasteiger partial charge in [-0.25, -0.2) is 8.98 Å². The number of carbonyl (C=O) groups excluding carboxylic acids is 1. The second-order valence-electron chi connectivity index (χ2n) is 9.03. The summed E-state index contributed by atoms with van der Waals surface area (Å²) < 4.78 is 41.7. The van der Waals surface area contributed by atoms with E-state index in [1.54, 1.807) is 13.0 Å². The van der Waals surface area contributed by atoms with Gasteiger partial charge in [0.2, 0.25) is 0 Å². The number of aliphatic hydroxyl groups excluding tert-OH is 2. The summed E-state index contributed by atoms with van der Waals surface area (Å²) in [5, 5.41) is 20.2. The smallest absolute Gasteiger partial charge is 0.397 e. The number of allylic oxidation sites excluding steroid dienone is 2. The van der Waals surface area contributed by atoms with Gasteiger partial charge < -0.3 is 14.9 Å². The Morgan fingerprint density at radius 3 is 2.59 bits per heavy atom. The Bertz CT molecular complexity index is 818. The summed E-state index contributed by atoms with van der Waals surface area (Å²) in [6.07, 6.45) is 2.87. The van der Waals surface area contributed by atoms with Gasteiger partial charge in [0.25, 0.3) is 0 Å². The van der Waals surface area contributed by atoms with E-state index in [1.807, 2.05) is 0 Å². The molecular weight excluding hydrogens is 400 g/mol. The Balaban J connectivity index is 1.91. The lowest BCUT2D eigenvalue weighted by molar-refractivity contribution is -0.142. The molecule has 2 aliphatic carbocycles. The average Bonchev–Trinajstić information content (AvgIpc) is 2.94. The number of rotatable bonds is 5. The van der Waals surface area contributed by atoms with Crippen molar-refractivity contribution in [3.8, 4) is 0 Å². The van der Waals surface area contributed by atoms with Crippen LogP contribution in [-0.2, 0) is 24.1 Å². The molecule has 3 aliphatic rings. The van der Waals surface area contributed by atoms with E-state index in [0.29, 0.717) is 25.7 Å². The van der Waals surface area contributed by atoms with Crippen molar-refractivity contribution in [2.24, 2.45) is 22.7 Å². The van der Waals surface area contributed by atoms with Crippen molar-refractivity contribution in [1.29, 1.82) is 0 Å². The molecule has 9 heteroatoms. The minimum absolute atomic E-state index is 0.00749. The molecule has 0 radical (unpaired) electrons. The van der Waals surface area contributed by atoms with E-state index >= 15 is 0 Å². The van der Waals surface area contributed by atoms with Crippen LogP contribution in [0.1, 0.15) is 46.0 Å². The van der Waals surface area contributed by atoms with Gasteiger partial charge in [0, 0.05) is 5.41 Å². The topological polar surface area (TPSA) is 130 Å². The molecule has 0 unspecified atom stereocenters. The standard InChI is InChI=1S/C20H30O8S/c1-12-4-7-16-19(2,14(12)6-5-13-15(22)10-27-18(13)23)9-8-17(20(16,3)11-21)28-29(24,25)26/h5,14-17,21-22H,1,4,6-11H2,2-3H3,(H,24,25,26)/b13-5+/t14-,15-,16+,17-,19+,20+/m1/s1. The molecular formula is C20H30O8S. The molecule has 0 aromatic carbocycles. The normalized spacial score (nSPS) is 42.0. The van der Waals surface area contributed by atoms with Gasteiger partial charge in [0.05, 0.1) is 18.3 Å². The second kappa shape index (κ2) is 7.77. The highest BCUT2D eigenvalue weighted by Gasteiger charge is 2.58. The van der Waals surface area contributed by atoms with Crippen LogP contribution in [0.4, 0.5) is 0 Å². The van der Waals surface area contributed by atoms with Crippen molar-refractivity contribution >= 4 is 16.4 Å². The van der Waals surface area contributed by atoms with Crippen LogP contribution in [0, 0.1) is 22.7 Å². The fourth-order valence-electron chi connectivity index (χ4n) is 5.85. The van der Waals surface area contributed by atoms with Crippen molar-refractivity contribution < 1.29 is 36.9 Å². The van der Waals surface area contributed by atoms with Crippen LogP contribution in [0.2, 0.25) is 0 Å². The maximum atomic E-state index is 11.8. The van der Waals surface area contributed by atoms with Crippen molar-refractivity contribution in [1.82, 2.24) is 0 Å². The predicted molar refractivity (Wildman–Crippen MR) is 104 cm³/mol. The molecule has 2 saturated carbocycles. The quantitative estimate of drug-likeness (QED) is 0.260. The van der Waals surface area contributed by atoms with Crippen LogP contribution < -0.4 is 0 Å². The number of hydrogen-bond donors (Lipinski definition) is 3. The lowest BCUT2D eigenvalue weighted by Gasteiger charge is -2.60. The molecule has 1 heterocycles. The summed E-state index contributed by atoms with van der Waals surface area (Å²) in [5.41, 5.74) is 0.129. The minimum Gasteiger partial charge on any atom is -0.459 e. The summed E-state index contributed by atoms with van der Waals surface area (Å²) in [6, 6.07) is 0. The molecule has 0 spiro atoms. The molecule has 6 atom stereocenters. The van der Waals surface area contributed by atoms with Gasteiger partial charge in [0.1, 0.15) is 12.7 Å². The van der Waals surface area contributed by atoms with Gasteiger partial charge in [-0.15, -0.1) is 0 Å². The number of cyclic esters (lactones) is 1. The first-order valence-corrected chi connectivity index (χ1v) is 11.3. The summed E-state index contributed by atoms with van der Waals surface area (Å²) in [7, 11) is -4.64. The summed E-state index contributed by atoms with van der Waals surface area (Å²) in [5.74, 6) is -0.590. The van der Waals surface area contributed by atoms with Gasteiger partial charge in [-0.3, -0.25) is 4.55 Å². The van der Waals surface area contributed by atoms with E-state index in [0.717, 1.165) is 12.0 Å². The highest BCUT2D eigenvalue weighted by molar-refractivity contribution is 7.80. The van der Waals surface area contributed by atoms with Crippen molar-refractivity contribution in [3.63, 3.8) is 0 Å². The monoisotopic (exact) mass is 430 g/mol. The number of fused-ring (bicyclic) bond motifs is 1. The molecule has 3 N–H and O–H groups in total. The van der Waals surface area contributed by atoms with Crippen LogP contribution in [-0.4, -0.2) is 54.6 Å². The largest absolute Gasteiger partial charge is 0.459 e. The zero-order valence-electron chi connectivity index (χ0n) is 16.8. The third kappa shape index (κ3) is 4.03. The Kier molecular flexibility index (Phi) is 6.01. The fourth-order valence-corrected chi connectivity index (χ4v) is 6.46. The van der Waals surface area contributed by atoms with Crippen molar-refractivity contribution in [3.05, 3.63) is 23.8 Å². The van der Waals surface area contributed by atoms with Crippen LogP contribution in [0.25, 0.3) is 0 Å². The number of ether oxygens (including phenoxy) is 1. The number of hydrogen-bond acceptors (Lipinski definition) is 7. The van der Waals surface area contributed by atoms with E-state index in [9.17, 15) is 28.0 Å². The van der Waals surface area contributed by atoms with Crippen molar-refractivity contribution in [2.75, 3.05) is 13.2 Å².